The van der Waals surface area contributed by atoms with Gasteiger partial charge in [0, 0.05) is 18.5 Å². The van der Waals surface area contributed by atoms with E-state index in [1.54, 1.807) is 6.92 Å². The van der Waals surface area contributed by atoms with Crippen LogP contribution in [0.15, 0.2) is 6.07 Å². The van der Waals surface area contributed by atoms with Gasteiger partial charge in [0.2, 0.25) is 11.6 Å². The molecule has 7 heteroatoms. The largest absolute Gasteiger partial charge is 0.487 e. The Morgan fingerprint density at radius 1 is 1.29 bits per heavy atom. The van der Waals surface area contributed by atoms with Crippen LogP contribution in [0.5, 0.6) is 5.75 Å². The highest BCUT2D eigenvalue weighted by molar-refractivity contribution is 5.28. The zero-order chi connectivity index (χ0) is 15.6. The minimum atomic E-state index is -1.58. The van der Waals surface area contributed by atoms with Crippen LogP contribution >= 0.6 is 0 Å². The second-order valence-electron chi connectivity index (χ2n) is 5.26. The summed E-state index contributed by atoms with van der Waals surface area (Å²) in [5, 5.41) is 12.2. The highest BCUT2D eigenvalue weighted by atomic mass is 19.2. The molecule has 21 heavy (non-hydrogen) atoms. The van der Waals surface area contributed by atoms with Gasteiger partial charge in [0.15, 0.2) is 17.4 Å². The highest BCUT2D eigenvalue weighted by Crippen LogP contribution is 2.28. The lowest BCUT2D eigenvalue weighted by Crippen LogP contribution is -2.43. The number of nitriles is 1. The first kappa shape index (κ1) is 15.6. The molecule has 1 aliphatic carbocycles. The van der Waals surface area contributed by atoms with Crippen molar-refractivity contribution >= 4 is 0 Å². The van der Waals surface area contributed by atoms with Gasteiger partial charge >= 0.3 is 0 Å². The third-order valence-electron chi connectivity index (χ3n) is 3.27. The van der Waals surface area contributed by atoms with Crippen molar-refractivity contribution in [3.8, 4) is 11.8 Å². The SMILES string of the molecule is CC(C#N)(CCOc1c(F)c(F)cc(F)c1F)NC1CC1. The number of hydrogen-bond acceptors (Lipinski definition) is 3. The maximum Gasteiger partial charge on any atom is 0.203 e. The van der Waals surface area contributed by atoms with E-state index < -0.39 is 34.6 Å². The van der Waals surface area contributed by atoms with Crippen molar-refractivity contribution in [2.45, 2.75) is 37.8 Å². The monoisotopic (exact) mass is 302 g/mol. The fraction of sp³-hybridized carbons (Fsp3) is 0.500. The Labute approximate surface area is 119 Å². The fourth-order valence-electron chi connectivity index (χ4n) is 1.87. The van der Waals surface area contributed by atoms with Gasteiger partial charge in [-0.15, -0.1) is 0 Å². The number of nitrogens with zero attached hydrogens (tertiary/aromatic N) is 1. The van der Waals surface area contributed by atoms with Crippen LogP contribution in [0.4, 0.5) is 17.6 Å². The molecule has 1 N–H and O–H groups in total. The predicted molar refractivity (Wildman–Crippen MR) is 66.6 cm³/mol. The molecule has 1 unspecified atom stereocenters. The van der Waals surface area contributed by atoms with E-state index in [0.717, 1.165) is 12.8 Å². The van der Waals surface area contributed by atoms with E-state index in [1.807, 2.05) is 0 Å². The topological polar surface area (TPSA) is 45.0 Å². The summed E-state index contributed by atoms with van der Waals surface area (Å²) in [7, 11) is 0. The Hall–Kier alpha value is -1.81. The van der Waals surface area contributed by atoms with E-state index in [0.29, 0.717) is 0 Å². The van der Waals surface area contributed by atoms with Crippen LogP contribution < -0.4 is 10.1 Å². The molecule has 3 nitrogen and oxygen atoms in total. The summed E-state index contributed by atoms with van der Waals surface area (Å²) >= 11 is 0. The van der Waals surface area contributed by atoms with Crippen LogP contribution in [0.1, 0.15) is 26.2 Å². The molecule has 0 aliphatic heterocycles. The summed E-state index contributed by atoms with van der Waals surface area (Å²) in [6, 6.07) is 2.44. The average molecular weight is 302 g/mol. The molecule has 2 rings (SSSR count). The number of hydrogen-bond donors (Lipinski definition) is 1. The second-order valence-corrected chi connectivity index (χ2v) is 5.26. The van der Waals surface area contributed by atoms with Crippen molar-refractivity contribution < 1.29 is 22.3 Å². The second kappa shape index (κ2) is 5.90. The minimum absolute atomic E-state index is 0.117. The van der Waals surface area contributed by atoms with E-state index in [2.05, 4.69) is 11.4 Å². The lowest BCUT2D eigenvalue weighted by Gasteiger charge is -2.23. The Kier molecular flexibility index (Phi) is 4.37. The van der Waals surface area contributed by atoms with Crippen LogP contribution in [0.25, 0.3) is 0 Å². The first-order valence-electron chi connectivity index (χ1n) is 6.51. The molecule has 1 aromatic rings. The number of nitrogens with one attached hydrogen (secondary N) is 1. The normalized spacial score (nSPS) is 17.1. The first-order valence-corrected chi connectivity index (χ1v) is 6.51. The molecular weight excluding hydrogens is 288 g/mol. The maximum atomic E-state index is 13.4. The summed E-state index contributed by atoms with van der Waals surface area (Å²) in [4.78, 5) is 0. The summed E-state index contributed by atoms with van der Waals surface area (Å²) in [6.45, 7) is 1.38. The van der Waals surface area contributed by atoms with Gasteiger partial charge in [-0.1, -0.05) is 0 Å². The van der Waals surface area contributed by atoms with Crippen molar-refractivity contribution in [1.82, 2.24) is 5.32 Å². The van der Waals surface area contributed by atoms with Gasteiger partial charge < -0.3 is 4.74 Å². The quantitative estimate of drug-likeness (QED) is 0.649. The number of halogens is 4. The molecule has 0 amide bonds. The van der Waals surface area contributed by atoms with Crippen LogP contribution in [0.2, 0.25) is 0 Å². The van der Waals surface area contributed by atoms with E-state index in [1.165, 1.54) is 0 Å². The Balaban J connectivity index is 2.01. The number of benzene rings is 1. The Morgan fingerprint density at radius 3 is 2.33 bits per heavy atom. The molecule has 0 heterocycles. The summed E-state index contributed by atoms with van der Waals surface area (Å²) in [5.74, 6) is -7.31. The van der Waals surface area contributed by atoms with Gasteiger partial charge in [-0.2, -0.15) is 14.0 Å². The first-order chi connectivity index (χ1) is 9.86. The minimum Gasteiger partial charge on any atom is -0.487 e. The predicted octanol–water partition coefficient (Wildman–Crippen LogP) is 3.05. The summed E-state index contributed by atoms with van der Waals surface area (Å²) in [5.41, 5.74) is -0.917. The van der Waals surface area contributed by atoms with Crippen molar-refractivity contribution in [3.05, 3.63) is 29.3 Å². The zero-order valence-electron chi connectivity index (χ0n) is 11.4. The molecule has 0 radical (unpaired) electrons. The van der Waals surface area contributed by atoms with Crippen molar-refractivity contribution in [2.75, 3.05) is 6.61 Å². The smallest absolute Gasteiger partial charge is 0.203 e. The van der Waals surface area contributed by atoms with E-state index in [9.17, 15) is 17.6 Å². The molecule has 1 aliphatic rings. The molecule has 1 fully saturated rings. The van der Waals surface area contributed by atoms with Gasteiger partial charge in [0.25, 0.3) is 0 Å². The molecule has 0 saturated heterocycles. The lowest BCUT2D eigenvalue weighted by atomic mass is 10.0. The molecule has 1 aromatic carbocycles. The molecule has 0 aromatic heterocycles. The van der Waals surface area contributed by atoms with Crippen molar-refractivity contribution in [3.63, 3.8) is 0 Å². The van der Waals surface area contributed by atoms with Crippen LogP contribution in [-0.4, -0.2) is 18.2 Å². The molecule has 0 bridgehead atoms. The molecular formula is C14H14F4N2O. The van der Waals surface area contributed by atoms with E-state index >= 15 is 0 Å². The summed E-state index contributed by atoms with van der Waals surface area (Å²) < 4.78 is 57.6. The number of ether oxygens (including phenoxy) is 1. The lowest BCUT2D eigenvalue weighted by molar-refractivity contribution is 0.238. The molecule has 0 spiro atoms. The van der Waals surface area contributed by atoms with Crippen LogP contribution in [0.3, 0.4) is 0 Å². The average Bonchev–Trinajstić information content (AvgIpc) is 3.24. The number of rotatable bonds is 6. The van der Waals surface area contributed by atoms with Gasteiger partial charge in [-0.25, -0.2) is 8.78 Å². The van der Waals surface area contributed by atoms with Crippen LogP contribution in [0, 0.1) is 34.6 Å². The summed E-state index contributed by atoms with van der Waals surface area (Å²) in [6.07, 6.45) is 2.06. The maximum absolute atomic E-state index is 13.4. The van der Waals surface area contributed by atoms with Gasteiger partial charge in [0.1, 0.15) is 5.54 Å². The van der Waals surface area contributed by atoms with Gasteiger partial charge in [0.05, 0.1) is 12.7 Å². The highest BCUT2D eigenvalue weighted by Gasteiger charge is 2.32. The Morgan fingerprint density at radius 2 is 1.86 bits per heavy atom. The molecule has 1 atom stereocenters. The zero-order valence-corrected chi connectivity index (χ0v) is 11.4. The third-order valence-corrected chi connectivity index (χ3v) is 3.27. The fourth-order valence-corrected chi connectivity index (χ4v) is 1.87. The molecule has 1 saturated carbocycles. The van der Waals surface area contributed by atoms with Gasteiger partial charge in [-0.05, 0) is 19.8 Å². The van der Waals surface area contributed by atoms with Crippen LogP contribution in [-0.2, 0) is 0 Å². The van der Waals surface area contributed by atoms with E-state index in [4.69, 9.17) is 10.00 Å². The van der Waals surface area contributed by atoms with Crippen molar-refractivity contribution in [2.24, 2.45) is 0 Å². The van der Waals surface area contributed by atoms with Gasteiger partial charge in [-0.3, -0.25) is 5.32 Å². The molecule has 114 valence electrons. The van der Waals surface area contributed by atoms with Crippen molar-refractivity contribution in [1.29, 1.82) is 5.26 Å². The Bertz CT molecular complexity index is 557. The standard InChI is InChI=1S/C14H14F4N2O/c1-14(7-19,20-8-2-3-8)4-5-21-13-11(17)9(15)6-10(16)12(13)18/h6,8,20H,2-5H2,1H3. The van der Waals surface area contributed by atoms with E-state index in [-0.39, 0.29) is 25.1 Å². The third kappa shape index (κ3) is 3.64.